The molecule has 0 saturated carbocycles. The average Bonchev–Trinajstić information content (AvgIpc) is 2.76. The first-order chi connectivity index (χ1) is 14.1. The lowest BCUT2D eigenvalue weighted by Crippen LogP contribution is -2.36. The fourth-order valence-corrected chi connectivity index (χ4v) is 3.33. The Morgan fingerprint density at radius 2 is 1.79 bits per heavy atom. The van der Waals surface area contributed by atoms with Gasteiger partial charge in [0.15, 0.2) is 0 Å². The Labute approximate surface area is 167 Å². The van der Waals surface area contributed by atoms with E-state index in [1.54, 1.807) is 36.9 Å². The first kappa shape index (κ1) is 18.9. The summed E-state index contributed by atoms with van der Waals surface area (Å²) in [6, 6.07) is 7.68. The van der Waals surface area contributed by atoms with E-state index in [0.29, 0.717) is 37.2 Å². The van der Waals surface area contributed by atoms with Crippen molar-refractivity contribution >= 4 is 17.3 Å². The Bertz CT molecular complexity index is 1010. The van der Waals surface area contributed by atoms with Crippen molar-refractivity contribution in [1.29, 1.82) is 0 Å². The SMILES string of the molecule is O=C(Nc1cnccc1N1CCC(O)CC1)c1ccc(F)c(-c2ccncc2)n1. The van der Waals surface area contributed by atoms with Crippen LogP contribution in [0, 0.1) is 5.82 Å². The molecule has 0 radical (unpaired) electrons. The third-order valence-electron chi connectivity index (χ3n) is 4.88. The molecule has 1 aliphatic heterocycles. The van der Waals surface area contributed by atoms with Crippen LogP contribution in [0.15, 0.2) is 55.1 Å². The summed E-state index contributed by atoms with van der Waals surface area (Å²) in [7, 11) is 0. The lowest BCUT2D eigenvalue weighted by Gasteiger charge is -2.32. The maximum atomic E-state index is 14.2. The maximum Gasteiger partial charge on any atom is 0.274 e. The first-order valence-corrected chi connectivity index (χ1v) is 9.37. The second kappa shape index (κ2) is 8.32. The zero-order valence-electron chi connectivity index (χ0n) is 15.6. The summed E-state index contributed by atoms with van der Waals surface area (Å²) >= 11 is 0. The third-order valence-corrected chi connectivity index (χ3v) is 4.88. The Kier molecular flexibility index (Phi) is 5.44. The second-order valence-electron chi connectivity index (χ2n) is 6.83. The van der Waals surface area contributed by atoms with Crippen molar-refractivity contribution in [2.24, 2.45) is 0 Å². The highest BCUT2D eigenvalue weighted by molar-refractivity contribution is 6.04. The molecule has 1 saturated heterocycles. The highest BCUT2D eigenvalue weighted by Crippen LogP contribution is 2.28. The number of aromatic nitrogens is 3. The van der Waals surface area contributed by atoms with E-state index in [1.165, 1.54) is 12.1 Å². The molecule has 0 aromatic carbocycles. The van der Waals surface area contributed by atoms with E-state index >= 15 is 0 Å². The number of carbonyl (C=O) groups is 1. The molecule has 8 heteroatoms. The molecule has 0 bridgehead atoms. The zero-order valence-corrected chi connectivity index (χ0v) is 15.6. The van der Waals surface area contributed by atoms with Gasteiger partial charge in [0.05, 0.1) is 23.7 Å². The molecule has 0 aliphatic carbocycles. The van der Waals surface area contributed by atoms with E-state index in [4.69, 9.17) is 0 Å². The van der Waals surface area contributed by atoms with Gasteiger partial charge in [0, 0.05) is 37.2 Å². The van der Waals surface area contributed by atoms with Crippen molar-refractivity contribution in [3.05, 3.63) is 66.6 Å². The molecule has 1 fully saturated rings. The molecular weight excluding hydrogens is 373 g/mol. The van der Waals surface area contributed by atoms with Crippen LogP contribution in [0.1, 0.15) is 23.3 Å². The van der Waals surface area contributed by atoms with E-state index in [0.717, 1.165) is 5.69 Å². The van der Waals surface area contributed by atoms with Gasteiger partial charge in [-0.15, -0.1) is 0 Å². The van der Waals surface area contributed by atoms with Crippen LogP contribution in [0.5, 0.6) is 0 Å². The number of hydrogen-bond donors (Lipinski definition) is 2. The molecule has 1 aliphatic rings. The maximum absolute atomic E-state index is 14.2. The summed E-state index contributed by atoms with van der Waals surface area (Å²) < 4.78 is 14.2. The van der Waals surface area contributed by atoms with Gasteiger partial charge < -0.3 is 15.3 Å². The number of piperidine rings is 1. The first-order valence-electron chi connectivity index (χ1n) is 9.37. The number of nitrogens with one attached hydrogen (secondary N) is 1. The Balaban J connectivity index is 1.58. The van der Waals surface area contributed by atoms with Crippen molar-refractivity contribution in [2.75, 3.05) is 23.3 Å². The predicted molar refractivity (Wildman–Crippen MR) is 107 cm³/mol. The van der Waals surface area contributed by atoms with Gasteiger partial charge in [-0.25, -0.2) is 9.37 Å². The van der Waals surface area contributed by atoms with Crippen molar-refractivity contribution in [1.82, 2.24) is 15.0 Å². The summed E-state index contributed by atoms with van der Waals surface area (Å²) in [5.74, 6) is -0.965. The van der Waals surface area contributed by atoms with Crippen LogP contribution in [-0.2, 0) is 0 Å². The second-order valence-corrected chi connectivity index (χ2v) is 6.83. The molecule has 29 heavy (non-hydrogen) atoms. The molecule has 3 aromatic heterocycles. The van der Waals surface area contributed by atoms with E-state index < -0.39 is 11.7 Å². The van der Waals surface area contributed by atoms with Crippen molar-refractivity contribution in [3.8, 4) is 11.3 Å². The lowest BCUT2D eigenvalue weighted by molar-refractivity contribution is 0.102. The van der Waals surface area contributed by atoms with Gasteiger partial charge in [-0.05, 0) is 43.2 Å². The third kappa shape index (κ3) is 4.22. The number of pyridine rings is 3. The molecule has 1 amide bonds. The normalized spacial score (nSPS) is 14.6. The molecule has 4 heterocycles. The molecule has 2 N–H and O–H groups in total. The molecular formula is C21H20FN5O2. The van der Waals surface area contributed by atoms with Gasteiger partial charge in [0.2, 0.25) is 0 Å². The number of rotatable bonds is 4. The highest BCUT2D eigenvalue weighted by atomic mass is 19.1. The Morgan fingerprint density at radius 1 is 1.07 bits per heavy atom. The van der Waals surface area contributed by atoms with Crippen LogP contribution in [-0.4, -0.2) is 45.2 Å². The highest BCUT2D eigenvalue weighted by Gasteiger charge is 2.21. The van der Waals surface area contributed by atoms with Gasteiger partial charge in [-0.3, -0.25) is 14.8 Å². The molecule has 7 nitrogen and oxygen atoms in total. The summed E-state index contributed by atoms with van der Waals surface area (Å²) in [6.45, 7) is 1.38. The Morgan fingerprint density at radius 3 is 2.55 bits per heavy atom. The summed E-state index contributed by atoms with van der Waals surface area (Å²) in [5, 5.41) is 12.6. The monoisotopic (exact) mass is 393 g/mol. The lowest BCUT2D eigenvalue weighted by atomic mass is 10.1. The standard InChI is InChI=1S/C21H20FN5O2/c22-16-1-2-17(25-20(16)14-3-8-23-9-4-14)21(29)26-18-13-24-10-5-19(18)27-11-6-15(28)7-12-27/h1-5,8-10,13,15,28H,6-7,11-12H2,(H,26,29). The van der Waals surface area contributed by atoms with Crippen molar-refractivity contribution in [3.63, 3.8) is 0 Å². The fraction of sp³-hybridized carbons (Fsp3) is 0.238. The largest absolute Gasteiger partial charge is 0.393 e. The number of carbonyl (C=O) groups excluding carboxylic acids is 1. The van der Waals surface area contributed by atoms with Crippen LogP contribution in [0.3, 0.4) is 0 Å². The average molecular weight is 393 g/mol. The topological polar surface area (TPSA) is 91.2 Å². The van der Waals surface area contributed by atoms with Gasteiger partial charge in [0.1, 0.15) is 17.2 Å². The number of anilines is 2. The minimum absolute atomic E-state index is 0.0940. The van der Waals surface area contributed by atoms with Crippen LogP contribution in [0.2, 0.25) is 0 Å². The molecule has 4 rings (SSSR count). The van der Waals surface area contributed by atoms with Crippen LogP contribution >= 0.6 is 0 Å². The predicted octanol–water partition coefficient (Wildman–Crippen LogP) is 2.89. The molecule has 0 unspecified atom stereocenters. The Hall–Kier alpha value is -3.39. The molecule has 148 valence electrons. The van der Waals surface area contributed by atoms with Crippen LogP contribution in [0.4, 0.5) is 15.8 Å². The quantitative estimate of drug-likeness (QED) is 0.708. The zero-order chi connectivity index (χ0) is 20.2. The number of halogens is 1. The summed E-state index contributed by atoms with van der Waals surface area (Å²) in [6.07, 6.45) is 7.37. The van der Waals surface area contributed by atoms with Gasteiger partial charge in [-0.2, -0.15) is 0 Å². The number of amides is 1. The molecule has 0 spiro atoms. The van der Waals surface area contributed by atoms with Gasteiger partial charge >= 0.3 is 0 Å². The number of hydrogen-bond acceptors (Lipinski definition) is 6. The van der Waals surface area contributed by atoms with E-state index in [2.05, 4.69) is 25.2 Å². The van der Waals surface area contributed by atoms with Crippen LogP contribution in [0.25, 0.3) is 11.3 Å². The van der Waals surface area contributed by atoms with Gasteiger partial charge in [0.25, 0.3) is 5.91 Å². The van der Waals surface area contributed by atoms with Crippen molar-refractivity contribution in [2.45, 2.75) is 18.9 Å². The van der Waals surface area contributed by atoms with Crippen LogP contribution < -0.4 is 10.2 Å². The smallest absolute Gasteiger partial charge is 0.274 e. The van der Waals surface area contributed by atoms with E-state index in [9.17, 15) is 14.3 Å². The van der Waals surface area contributed by atoms with E-state index in [-0.39, 0.29) is 17.5 Å². The minimum atomic E-state index is -0.512. The van der Waals surface area contributed by atoms with Crippen molar-refractivity contribution < 1.29 is 14.3 Å². The number of aliphatic hydroxyl groups excluding tert-OH is 1. The molecule has 3 aromatic rings. The summed E-state index contributed by atoms with van der Waals surface area (Å²) in [4.78, 5) is 27.1. The summed E-state index contributed by atoms with van der Waals surface area (Å²) in [5.41, 5.74) is 2.11. The number of nitrogens with zero attached hydrogens (tertiary/aromatic N) is 4. The number of aliphatic hydroxyl groups is 1. The fourth-order valence-electron chi connectivity index (χ4n) is 3.33. The van der Waals surface area contributed by atoms with Gasteiger partial charge in [-0.1, -0.05) is 0 Å². The van der Waals surface area contributed by atoms with E-state index in [1.807, 2.05) is 6.07 Å². The molecule has 0 atom stereocenters. The minimum Gasteiger partial charge on any atom is -0.393 e.